The normalized spacial score (nSPS) is 21.7. The van der Waals surface area contributed by atoms with Crippen LogP contribution in [0, 0.1) is 0 Å². The van der Waals surface area contributed by atoms with Gasteiger partial charge in [-0.15, -0.1) is 0 Å². The van der Waals surface area contributed by atoms with Gasteiger partial charge in [-0.05, 0) is 6.07 Å². The fourth-order valence-corrected chi connectivity index (χ4v) is 3.24. The summed E-state index contributed by atoms with van der Waals surface area (Å²) in [5.74, 6) is 0.540. The van der Waals surface area contributed by atoms with Crippen LogP contribution >= 0.6 is 0 Å². The third-order valence-electron chi connectivity index (χ3n) is 4.40. The molecule has 1 atom stereocenters. The molecule has 0 spiro atoms. The quantitative estimate of drug-likeness (QED) is 0.781. The number of hydrogen-bond donors (Lipinski definition) is 1. The van der Waals surface area contributed by atoms with E-state index in [1.165, 1.54) is 0 Å². The molecule has 3 rings (SSSR count). The summed E-state index contributed by atoms with van der Waals surface area (Å²) < 4.78 is 10.8. The number of carbonyl (C=O) groups excluding carboxylic acids is 2. The van der Waals surface area contributed by atoms with E-state index in [1.54, 1.807) is 19.1 Å². The monoisotopic (exact) mass is 319 g/mol. The Bertz CT molecular complexity index is 619. The summed E-state index contributed by atoms with van der Waals surface area (Å²) in [4.78, 5) is 27.2. The Labute approximate surface area is 135 Å². The van der Waals surface area contributed by atoms with E-state index in [0.717, 1.165) is 24.4 Å². The fraction of sp³-hybridized carbons (Fsp3) is 0.500. The number of nitrogens with zero attached hydrogens (tertiary/aromatic N) is 2. The lowest BCUT2D eigenvalue weighted by Gasteiger charge is -2.43. The summed E-state index contributed by atoms with van der Waals surface area (Å²) in [7, 11) is 3.26. The van der Waals surface area contributed by atoms with Crippen molar-refractivity contribution >= 4 is 11.8 Å². The van der Waals surface area contributed by atoms with E-state index in [2.05, 4.69) is 10.2 Å². The first-order chi connectivity index (χ1) is 11.1. The number of carbonyl (C=O) groups is 2. The Morgan fingerprint density at radius 2 is 2.04 bits per heavy atom. The second kappa shape index (κ2) is 6.45. The number of amides is 2. The number of methoxy groups -OCH3 is 2. The molecule has 0 radical (unpaired) electrons. The zero-order valence-electron chi connectivity index (χ0n) is 13.4. The van der Waals surface area contributed by atoms with Gasteiger partial charge in [0.2, 0.25) is 0 Å². The summed E-state index contributed by atoms with van der Waals surface area (Å²) in [6.45, 7) is 3.26. The number of nitrogens with one attached hydrogen (secondary N) is 1. The smallest absolute Gasteiger partial charge is 0.312 e. The lowest BCUT2D eigenvalue weighted by Crippen LogP contribution is -2.65. The standard InChI is InChI=1S/C16H21N3O4/c1-22-13-5-3-4-11(14(13)23-2)9-18-6-7-19-12(10-18)8-17-15(20)16(19)21/h3-5,12H,6-10H2,1-2H3,(H,17,20). The van der Waals surface area contributed by atoms with E-state index < -0.39 is 11.8 Å². The van der Waals surface area contributed by atoms with Crippen molar-refractivity contribution in [1.29, 1.82) is 0 Å². The minimum atomic E-state index is -0.496. The van der Waals surface area contributed by atoms with Crippen LogP contribution in [0.15, 0.2) is 18.2 Å². The molecule has 1 unspecified atom stereocenters. The van der Waals surface area contributed by atoms with Crippen LogP contribution in [0.5, 0.6) is 11.5 Å². The number of piperazine rings is 2. The van der Waals surface area contributed by atoms with Crippen molar-refractivity contribution in [2.24, 2.45) is 0 Å². The molecule has 2 aliphatic heterocycles. The zero-order chi connectivity index (χ0) is 16.4. The summed E-state index contributed by atoms with van der Waals surface area (Å²) in [5, 5.41) is 2.65. The third-order valence-corrected chi connectivity index (χ3v) is 4.40. The topological polar surface area (TPSA) is 71.1 Å². The van der Waals surface area contributed by atoms with Crippen molar-refractivity contribution in [2.75, 3.05) is 40.4 Å². The second-order valence-corrected chi connectivity index (χ2v) is 5.75. The summed E-state index contributed by atoms with van der Waals surface area (Å²) in [6, 6.07) is 5.86. The largest absolute Gasteiger partial charge is 0.493 e. The number of ether oxygens (including phenoxy) is 2. The molecule has 7 nitrogen and oxygen atoms in total. The molecule has 23 heavy (non-hydrogen) atoms. The van der Waals surface area contributed by atoms with Crippen LogP contribution in [-0.4, -0.2) is 68.1 Å². The van der Waals surface area contributed by atoms with Gasteiger partial charge in [-0.25, -0.2) is 0 Å². The number of hydrogen-bond acceptors (Lipinski definition) is 5. The molecule has 7 heteroatoms. The zero-order valence-corrected chi connectivity index (χ0v) is 13.4. The van der Waals surface area contributed by atoms with Gasteiger partial charge in [-0.2, -0.15) is 0 Å². The summed E-state index contributed by atoms with van der Waals surface area (Å²) in [5.41, 5.74) is 1.05. The molecule has 124 valence electrons. The maximum atomic E-state index is 11.9. The number of fused-ring (bicyclic) bond motifs is 1. The molecule has 2 fully saturated rings. The summed E-state index contributed by atoms with van der Waals surface area (Å²) >= 11 is 0. The van der Waals surface area contributed by atoms with E-state index in [9.17, 15) is 9.59 Å². The molecule has 2 amide bonds. The van der Waals surface area contributed by atoms with Crippen molar-refractivity contribution < 1.29 is 19.1 Å². The predicted octanol–water partition coefficient (Wildman–Crippen LogP) is -0.154. The van der Waals surface area contributed by atoms with E-state index in [4.69, 9.17) is 9.47 Å². The SMILES string of the molecule is COc1cccc(CN2CCN3C(=O)C(=O)NCC3C2)c1OC. The predicted molar refractivity (Wildman–Crippen MR) is 83.3 cm³/mol. The Balaban J connectivity index is 1.71. The molecule has 1 aromatic rings. The Morgan fingerprint density at radius 1 is 1.22 bits per heavy atom. The molecule has 0 aromatic heterocycles. The van der Waals surface area contributed by atoms with Crippen LogP contribution in [0.1, 0.15) is 5.56 Å². The molecule has 2 aliphatic rings. The van der Waals surface area contributed by atoms with Crippen molar-refractivity contribution in [3.8, 4) is 11.5 Å². The maximum Gasteiger partial charge on any atom is 0.312 e. The van der Waals surface area contributed by atoms with Crippen LogP contribution in [0.2, 0.25) is 0 Å². The van der Waals surface area contributed by atoms with Gasteiger partial charge in [-0.3, -0.25) is 14.5 Å². The third kappa shape index (κ3) is 2.96. The van der Waals surface area contributed by atoms with Crippen LogP contribution in [-0.2, 0) is 16.1 Å². The Kier molecular flexibility index (Phi) is 4.38. The number of para-hydroxylation sites is 1. The summed E-state index contributed by atoms with van der Waals surface area (Å²) in [6.07, 6.45) is 0. The molecular formula is C16H21N3O4. The van der Waals surface area contributed by atoms with Gasteiger partial charge < -0.3 is 19.7 Å². The molecular weight excluding hydrogens is 298 g/mol. The number of rotatable bonds is 4. The van der Waals surface area contributed by atoms with Gasteiger partial charge in [-0.1, -0.05) is 12.1 Å². The average Bonchev–Trinajstić information content (AvgIpc) is 2.58. The average molecular weight is 319 g/mol. The maximum absolute atomic E-state index is 11.9. The fourth-order valence-electron chi connectivity index (χ4n) is 3.24. The van der Waals surface area contributed by atoms with E-state index >= 15 is 0 Å². The van der Waals surface area contributed by atoms with Gasteiger partial charge in [0.1, 0.15) is 0 Å². The van der Waals surface area contributed by atoms with Gasteiger partial charge in [0.25, 0.3) is 0 Å². The van der Waals surface area contributed by atoms with E-state index in [1.807, 2.05) is 18.2 Å². The van der Waals surface area contributed by atoms with Gasteiger partial charge in [0.05, 0.1) is 20.3 Å². The van der Waals surface area contributed by atoms with Gasteiger partial charge in [0, 0.05) is 38.3 Å². The minimum absolute atomic E-state index is 0.0329. The van der Waals surface area contributed by atoms with Gasteiger partial charge in [0.15, 0.2) is 11.5 Å². The Morgan fingerprint density at radius 3 is 2.78 bits per heavy atom. The lowest BCUT2D eigenvalue weighted by atomic mass is 10.1. The highest BCUT2D eigenvalue weighted by Crippen LogP contribution is 2.31. The van der Waals surface area contributed by atoms with Crippen molar-refractivity contribution in [1.82, 2.24) is 15.1 Å². The first-order valence-electron chi connectivity index (χ1n) is 7.65. The Hall–Kier alpha value is -2.28. The molecule has 0 aliphatic carbocycles. The minimum Gasteiger partial charge on any atom is -0.493 e. The molecule has 0 saturated carbocycles. The first-order valence-corrected chi connectivity index (χ1v) is 7.65. The lowest BCUT2D eigenvalue weighted by molar-refractivity contribution is -0.152. The molecule has 2 heterocycles. The molecule has 0 bridgehead atoms. The van der Waals surface area contributed by atoms with E-state index in [-0.39, 0.29) is 6.04 Å². The van der Waals surface area contributed by atoms with Gasteiger partial charge >= 0.3 is 11.8 Å². The number of benzene rings is 1. The molecule has 1 N–H and O–H groups in total. The van der Waals surface area contributed by atoms with Crippen LogP contribution in [0.4, 0.5) is 0 Å². The highest BCUT2D eigenvalue weighted by molar-refractivity contribution is 6.35. The molecule has 2 saturated heterocycles. The highest BCUT2D eigenvalue weighted by Gasteiger charge is 2.37. The van der Waals surface area contributed by atoms with Crippen LogP contribution in [0.25, 0.3) is 0 Å². The highest BCUT2D eigenvalue weighted by atomic mass is 16.5. The van der Waals surface area contributed by atoms with E-state index in [0.29, 0.717) is 25.4 Å². The van der Waals surface area contributed by atoms with Crippen molar-refractivity contribution in [2.45, 2.75) is 12.6 Å². The molecule has 1 aromatic carbocycles. The van der Waals surface area contributed by atoms with Crippen LogP contribution < -0.4 is 14.8 Å². The second-order valence-electron chi connectivity index (χ2n) is 5.75. The van der Waals surface area contributed by atoms with Crippen LogP contribution in [0.3, 0.4) is 0 Å². The van der Waals surface area contributed by atoms with Crippen molar-refractivity contribution in [3.63, 3.8) is 0 Å². The van der Waals surface area contributed by atoms with Crippen molar-refractivity contribution in [3.05, 3.63) is 23.8 Å². The first kappa shape index (κ1) is 15.6.